The van der Waals surface area contributed by atoms with Gasteiger partial charge in [0.25, 0.3) is 0 Å². The molecule has 0 heteroatoms. The summed E-state index contributed by atoms with van der Waals surface area (Å²) in [5.74, 6) is 0. The van der Waals surface area contributed by atoms with Gasteiger partial charge in [0.15, 0.2) is 0 Å². The number of hydrogen-bond acceptors (Lipinski definition) is 0. The molecule has 0 saturated heterocycles. The molecule has 0 nitrogen and oxygen atoms in total. The maximum absolute atomic E-state index is 2.26. The summed E-state index contributed by atoms with van der Waals surface area (Å²) in [4.78, 5) is 0. The minimum atomic E-state index is 1.08. The predicted octanol–water partition coefficient (Wildman–Crippen LogP) is 6.45. The van der Waals surface area contributed by atoms with Crippen molar-refractivity contribution >= 4 is 12.2 Å². The lowest BCUT2D eigenvalue weighted by Crippen LogP contribution is -1.82. The number of hydrogen-bond donors (Lipinski definition) is 0. The molecule has 2 rings (SSSR count). The first kappa shape index (κ1) is 16.3. The van der Waals surface area contributed by atoms with Crippen LogP contribution in [0.15, 0.2) is 60.7 Å². The number of rotatable bonds is 7. The van der Waals surface area contributed by atoms with E-state index < -0.39 is 0 Å². The quantitative estimate of drug-likeness (QED) is 0.514. The molecular weight excluding hydrogens is 264 g/mol. The van der Waals surface area contributed by atoms with Crippen LogP contribution in [-0.4, -0.2) is 0 Å². The first-order chi connectivity index (χ1) is 10.8. The van der Waals surface area contributed by atoms with Crippen molar-refractivity contribution < 1.29 is 0 Å². The van der Waals surface area contributed by atoms with Gasteiger partial charge in [-0.25, -0.2) is 0 Å². The Morgan fingerprint density at radius 2 is 1.23 bits per heavy atom. The maximum atomic E-state index is 2.26. The topological polar surface area (TPSA) is 0 Å². The van der Waals surface area contributed by atoms with Gasteiger partial charge in [-0.15, -0.1) is 0 Å². The Morgan fingerprint density at radius 1 is 0.727 bits per heavy atom. The number of unbranched alkanes of at least 4 members (excludes halogenated alkanes) is 1. The molecule has 0 heterocycles. The Kier molecular flexibility index (Phi) is 6.70. The molecule has 0 amide bonds. The van der Waals surface area contributed by atoms with E-state index in [0.717, 1.165) is 12.8 Å². The van der Waals surface area contributed by atoms with Crippen molar-refractivity contribution in [2.45, 2.75) is 39.5 Å². The molecule has 0 saturated carbocycles. The van der Waals surface area contributed by atoms with Crippen LogP contribution in [-0.2, 0) is 6.42 Å². The molecule has 0 atom stereocenters. The van der Waals surface area contributed by atoms with Gasteiger partial charge in [-0.1, -0.05) is 91.7 Å². The van der Waals surface area contributed by atoms with Crippen molar-refractivity contribution in [3.05, 3.63) is 82.9 Å². The Bertz CT molecular complexity index is 597. The van der Waals surface area contributed by atoms with Gasteiger partial charge < -0.3 is 0 Å². The zero-order valence-corrected chi connectivity index (χ0v) is 13.8. The Morgan fingerprint density at radius 3 is 1.73 bits per heavy atom. The summed E-state index contributed by atoms with van der Waals surface area (Å²) in [5, 5.41) is 0. The van der Waals surface area contributed by atoms with Crippen LogP contribution in [0.2, 0.25) is 0 Å². The summed E-state index contributed by atoms with van der Waals surface area (Å²) in [7, 11) is 0. The van der Waals surface area contributed by atoms with Gasteiger partial charge in [-0.05, 0) is 42.9 Å². The van der Waals surface area contributed by atoms with E-state index in [-0.39, 0.29) is 0 Å². The summed E-state index contributed by atoms with van der Waals surface area (Å²) in [6.07, 6.45) is 13.5. The summed E-state index contributed by atoms with van der Waals surface area (Å²) in [5.41, 5.74) is 5.31. The molecule has 2 aromatic rings. The largest absolute Gasteiger partial charge is 0.0836 e. The van der Waals surface area contributed by atoms with Crippen LogP contribution in [0.1, 0.15) is 48.4 Å². The normalized spacial score (nSPS) is 11.5. The molecule has 0 bridgehead atoms. The predicted molar refractivity (Wildman–Crippen MR) is 98.9 cm³/mol. The van der Waals surface area contributed by atoms with Gasteiger partial charge in [0.2, 0.25) is 0 Å². The highest BCUT2D eigenvalue weighted by Gasteiger charge is 1.91. The molecule has 0 aliphatic rings. The third-order valence-electron chi connectivity index (χ3n) is 3.72. The molecule has 0 fully saturated rings. The second-order valence-corrected chi connectivity index (χ2v) is 5.78. The lowest BCUT2D eigenvalue weighted by Gasteiger charge is -1.99. The van der Waals surface area contributed by atoms with E-state index in [4.69, 9.17) is 0 Å². The zero-order chi connectivity index (χ0) is 15.6. The fourth-order valence-electron chi connectivity index (χ4n) is 2.39. The maximum Gasteiger partial charge on any atom is -0.0260 e. The van der Waals surface area contributed by atoms with Crippen LogP contribution in [0, 0.1) is 6.92 Å². The Balaban J connectivity index is 1.74. The highest BCUT2D eigenvalue weighted by atomic mass is 14.0. The number of aryl methyl sites for hydroxylation is 2. The van der Waals surface area contributed by atoms with Crippen molar-refractivity contribution in [2.24, 2.45) is 0 Å². The highest BCUT2D eigenvalue weighted by Crippen LogP contribution is 2.10. The van der Waals surface area contributed by atoms with Crippen LogP contribution in [0.3, 0.4) is 0 Å². The molecular formula is C22H26. The molecule has 0 aromatic heterocycles. The summed E-state index contributed by atoms with van der Waals surface area (Å²) in [6, 6.07) is 17.5. The van der Waals surface area contributed by atoms with E-state index in [2.05, 4.69) is 86.7 Å². The average molecular weight is 290 g/mol. The summed E-state index contributed by atoms with van der Waals surface area (Å²) >= 11 is 0. The minimum Gasteiger partial charge on any atom is -0.0836 e. The third kappa shape index (κ3) is 5.73. The molecule has 0 spiro atoms. The van der Waals surface area contributed by atoms with Crippen molar-refractivity contribution in [1.29, 1.82) is 0 Å². The van der Waals surface area contributed by atoms with Gasteiger partial charge in [-0.3, -0.25) is 0 Å². The molecule has 0 radical (unpaired) electrons. The van der Waals surface area contributed by atoms with E-state index in [1.165, 1.54) is 35.1 Å². The minimum absolute atomic E-state index is 1.08. The highest BCUT2D eigenvalue weighted by molar-refractivity contribution is 5.51. The van der Waals surface area contributed by atoms with Crippen molar-refractivity contribution in [3.63, 3.8) is 0 Å². The smallest absolute Gasteiger partial charge is 0.0260 e. The first-order valence-corrected chi connectivity index (χ1v) is 8.26. The van der Waals surface area contributed by atoms with E-state index in [9.17, 15) is 0 Å². The Hall–Kier alpha value is -2.08. The van der Waals surface area contributed by atoms with Crippen LogP contribution in [0.5, 0.6) is 0 Å². The lowest BCUT2D eigenvalue weighted by atomic mass is 10.1. The van der Waals surface area contributed by atoms with E-state index >= 15 is 0 Å². The van der Waals surface area contributed by atoms with Crippen molar-refractivity contribution in [1.82, 2.24) is 0 Å². The molecule has 0 aliphatic carbocycles. The van der Waals surface area contributed by atoms with Gasteiger partial charge in [-0.2, -0.15) is 0 Å². The van der Waals surface area contributed by atoms with Crippen LogP contribution in [0.25, 0.3) is 12.2 Å². The van der Waals surface area contributed by atoms with E-state index in [1.807, 2.05) is 0 Å². The standard InChI is InChI=1S/C22H26/c1-3-8-20-15-17-22(18-16-20)10-7-5-4-6-9-21-13-11-19(2)12-14-21/h6-7,9-18H,3-5,8H2,1-2H3. The van der Waals surface area contributed by atoms with E-state index in [1.54, 1.807) is 0 Å². The SMILES string of the molecule is CCCc1ccc(C=CCCC=Cc2ccc(C)cc2)cc1. The fraction of sp³-hybridized carbons (Fsp3) is 0.273. The van der Waals surface area contributed by atoms with Gasteiger partial charge in [0, 0.05) is 0 Å². The molecule has 0 N–H and O–H groups in total. The monoisotopic (exact) mass is 290 g/mol. The van der Waals surface area contributed by atoms with Gasteiger partial charge >= 0.3 is 0 Å². The Labute approximate surface area is 135 Å². The molecule has 114 valence electrons. The molecule has 22 heavy (non-hydrogen) atoms. The van der Waals surface area contributed by atoms with Gasteiger partial charge in [0.05, 0.1) is 0 Å². The zero-order valence-electron chi connectivity index (χ0n) is 13.8. The molecule has 0 unspecified atom stereocenters. The average Bonchev–Trinajstić information content (AvgIpc) is 2.54. The summed E-state index contributed by atoms with van der Waals surface area (Å²) in [6.45, 7) is 4.34. The van der Waals surface area contributed by atoms with E-state index in [0.29, 0.717) is 0 Å². The van der Waals surface area contributed by atoms with Crippen LogP contribution < -0.4 is 0 Å². The second-order valence-electron chi connectivity index (χ2n) is 5.78. The van der Waals surface area contributed by atoms with Gasteiger partial charge in [0.1, 0.15) is 0 Å². The van der Waals surface area contributed by atoms with Crippen LogP contribution in [0.4, 0.5) is 0 Å². The third-order valence-corrected chi connectivity index (χ3v) is 3.72. The lowest BCUT2D eigenvalue weighted by molar-refractivity contribution is 0.922. The van der Waals surface area contributed by atoms with Crippen molar-refractivity contribution in [2.75, 3.05) is 0 Å². The number of benzene rings is 2. The molecule has 2 aromatic carbocycles. The molecule has 0 aliphatic heterocycles. The fourth-order valence-corrected chi connectivity index (χ4v) is 2.39. The summed E-state index contributed by atoms with van der Waals surface area (Å²) < 4.78 is 0. The van der Waals surface area contributed by atoms with Crippen molar-refractivity contribution in [3.8, 4) is 0 Å². The van der Waals surface area contributed by atoms with Crippen LogP contribution >= 0.6 is 0 Å². The second kappa shape index (κ2) is 9.04. The number of allylic oxidation sites excluding steroid dienone is 2. The first-order valence-electron chi connectivity index (χ1n) is 8.26.